The Balaban J connectivity index is 2.13. The lowest BCUT2D eigenvalue weighted by molar-refractivity contribution is -0.126. The van der Waals surface area contributed by atoms with Crippen molar-refractivity contribution in [3.05, 3.63) is 0 Å². The molecule has 1 saturated carbocycles. The SMILES string of the molecule is CSCCCNC(=O)C1CCC(CN)CC1. The van der Waals surface area contributed by atoms with Gasteiger partial charge >= 0.3 is 0 Å². The van der Waals surface area contributed by atoms with Crippen LogP contribution in [0.25, 0.3) is 0 Å². The molecule has 3 nitrogen and oxygen atoms in total. The molecule has 0 spiro atoms. The fourth-order valence-electron chi connectivity index (χ4n) is 2.23. The first kappa shape index (κ1) is 13.8. The van der Waals surface area contributed by atoms with Gasteiger partial charge in [0.1, 0.15) is 0 Å². The lowest BCUT2D eigenvalue weighted by Gasteiger charge is -2.26. The normalized spacial score (nSPS) is 25.4. The molecule has 16 heavy (non-hydrogen) atoms. The van der Waals surface area contributed by atoms with E-state index in [9.17, 15) is 4.79 Å². The van der Waals surface area contributed by atoms with E-state index in [2.05, 4.69) is 11.6 Å². The van der Waals surface area contributed by atoms with Crippen LogP contribution in [0.2, 0.25) is 0 Å². The van der Waals surface area contributed by atoms with Crippen LogP contribution in [-0.2, 0) is 4.79 Å². The molecule has 1 rings (SSSR count). The van der Waals surface area contributed by atoms with Gasteiger partial charge in [-0.05, 0) is 56.6 Å². The molecule has 0 unspecified atom stereocenters. The first-order valence-corrected chi connectivity index (χ1v) is 7.64. The zero-order chi connectivity index (χ0) is 11.8. The smallest absolute Gasteiger partial charge is 0.223 e. The average Bonchev–Trinajstić information content (AvgIpc) is 2.34. The van der Waals surface area contributed by atoms with Gasteiger partial charge < -0.3 is 11.1 Å². The van der Waals surface area contributed by atoms with Crippen molar-refractivity contribution in [1.29, 1.82) is 0 Å². The van der Waals surface area contributed by atoms with Gasteiger partial charge in [0, 0.05) is 12.5 Å². The number of carbonyl (C=O) groups is 1. The van der Waals surface area contributed by atoms with Gasteiger partial charge in [0.05, 0.1) is 0 Å². The van der Waals surface area contributed by atoms with Gasteiger partial charge in [-0.1, -0.05) is 0 Å². The fraction of sp³-hybridized carbons (Fsp3) is 0.917. The first-order chi connectivity index (χ1) is 7.77. The Morgan fingerprint density at radius 1 is 1.38 bits per heavy atom. The Bertz CT molecular complexity index is 203. The van der Waals surface area contributed by atoms with Gasteiger partial charge in [-0.25, -0.2) is 0 Å². The zero-order valence-corrected chi connectivity index (χ0v) is 11.0. The van der Waals surface area contributed by atoms with Crippen LogP contribution in [0, 0.1) is 11.8 Å². The van der Waals surface area contributed by atoms with Crippen molar-refractivity contribution in [1.82, 2.24) is 5.32 Å². The summed E-state index contributed by atoms with van der Waals surface area (Å²) in [7, 11) is 0. The van der Waals surface area contributed by atoms with Gasteiger partial charge in [0.25, 0.3) is 0 Å². The van der Waals surface area contributed by atoms with Crippen LogP contribution < -0.4 is 11.1 Å². The van der Waals surface area contributed by atoms with Crippen LogP contribution in [0.15, 0.2) is 0 Å². The number of hydrogen-bond donors (Lipinski definition) is 2. The van der Waals surface area contributed by atoms with Crippen LogP contribution in [0.3, 0.4) is 0 Å². The Morgan fingerprint density at radius 2 is 2.06 bits per heavy atom. The summed E-state index contributed by atoms with van der Waals surface area (Å²) >= 11 is 1.83. The molecule has 1 fully saturated rings. The number of amides is 1. The van der Waals surface area contributed by atoms with Crippen LogP contribution >= 0.6 is 11.8 Å². The van der Waals surface area contributed by atoms with E-state index in [1.807, 2.05) is 11.8 Å². The van der Waals surface area contributed by atoms with Crippen LogP contribution in [0.4, 0.5) is 0 Å². The summed E-state index contributed by atoms with van der Waals surface area (Å²) in [6, 6.07) is 0. The number of thioether (sulfide) groups is 1. The lowest BCUT2D eigenvalue weighted by atomic mass is 9.81. The van der Waals surface area contributed by atoms with Gasteiger partial charge in [-0.3, -0.25) is 4.79 Å². The van der Waals surface area contributed by atoms with Crippen LogP contribution in [0.5, 0.6) is 0 Å². The molecule has 0 radical (unpaired) electrons. The molecular weight excluding hydrogens is 220 g/mol. The lowest BCUT2D eigenvalue weighted by Crippen LogP contribution is -2.34. The molecule has 0 saturated heterocycles. The number of nitrogens with one attached hydrogen (secondary N) is 1. The molecule has 0 heterocycles. The van der Waals surface area contributed by atoms with Gasteiger partial charge in [-0.15, -0.1) is 0 Å². The number of hydrogen-bond acceptors (Lipinski definition) is 3. The van der Waals surface area contributed by atoms with E-state index in [0.717, 1.165) is 50.9 Å². The Morgan fingerprint density at radius 3 is 2.62 bits per heavy atom. The predicted octanol–water partition coefficient (Wildman–Crippen LogP) is 1.62. The third-order valence-electron chi connectivity index (χ3n) is 3.38. The summed E-state index contributed by atoms with van der Waals surface area (Å²) in [5, 5.41) is 3.04. The van der Waals surface area contributed by atoms with Crippen molar-refractivity contribution >= 4 is 17.7 Å². The molecular formula is C12H24N2OS. The van der Waals surface area contributed by atoms with E-state index in [4.69, 9.17) is 5.73 Å². The summed E-state index contributed by atoms with van der Waals surface area (Å²) < 4.78 is 0. The standard InChI is InChI=1S/C12H24N2OS/c1-16-8-2-7-14-12(15)11-5-3-10(9-13)4-6-11/h10-11H,2-9,13H2,1H3,(H,14,15). The molecule has 1 amide bonds. The quantitative estimate of drug-likeness (QED) is 0.698. The Kier molecular flexibility index (Phi) is 6.88. The molecule has 0 aromatic carbocycles. The molecule has 3 N–H and O–H groups in total. The fourth-order valence-corrected chi connectivity index (χ4v) is 2.67. The first-order valence-electron chi connectivity index (χ1n) is 6.24. The highest BCUT2D eigenvalue weighted by molar-refractivity contribution is 7.98. The van der Waals surface area contributed by atoms with Crippen molar-refractivity contribution < 1.29 is 4.79 Å². The minimum Gasteiger partial charge on any atom is -0.356 e. The molecule has 0 aromatic rings. The highest BCUT2D eigenvalue weighted by atomic mass is 32.2. The maximum Gasteiger partial charge on any atom is 0.223 e. The second-order valence-electron chi connectivity index (χ2n) is 4.59. The number of carbonyl (C=O) groups excluding carboxylic acids is 1. The maximum absolute atomic E-state index is 11.8. The predicted molar refractivity (Wildman–Crippen MR) is 70.5 cm³/mol. The maximum atomic E-state index is 11.8. The van der Waals surface area contributed by atoms with E-state index in [1.54, 1.807) is 0 Å². The third kappa shape index (κ3) is 4.74. The minimum atomic E-state index is 0.247. The molecule has 0 atom stereocenters. The summed E-state index contributed by atoms with van der Waals surface area (Å²) in [6.45, 7) is 1.61. The summed E-state index contributed by atoms with van der Waals surface area (Å²) in [4.78, 5) is 11.8. The molecule has 1 aliphatic carbocycles. The van der Waals surface area contributed by atoms with Crippen molar-refractivity contribution in [3.63, 3.8) is 0 Å². The molecule has 0 bridgehead atoms. The second-order valence-corrected chi connectivity index (χ2v) is 5.58. The molecule has 1 aliphatic rings. The largest absolute Gasteiger partial charge is 0.356 e. The summed E-state index contributed by atoms with van der Waals surface area (Å²) in [5.74, 6) is 2.29. The molecule has 4 heteroatoms. The highest BCUT2D eigenvalue weighted by Crippen LogP contribution is 2.28. The van der Waals surface area contributed by atoms with E-state index < -0.39 is 0 Å². The van der Waals surface area contributed by atoms with Crippen molar-refractivity contribution in [2.24, 2.45) is 17.6 Å². The van der Waals surface area contributed by atoms with Crippen molar-refractivity contribution in [3.8, 4) is 0 Å². The van der Waals surface area contributed by atoms with E-state index in [1.165, 1.54) is 0 Å². The molecule has 0 aromatic heterocycles. The van der Waals surface area contributed by atoms with Gasteiger partial charge in [0.15, 0.2) is 0 Å². The molecule has 0 aliphatic heterocycles. The van der Waals surface area contributed by atoms with E-state index >= 15 is 0 Å². The highest BCUT2D eigenvalue weighted by Gasteiger charge is 2.25. The number of rotatable bonds is 6. The second kappa shape index (κ2) is 7.96. The van der Waals surface area contributed by atoms with E-state index in [0.29, 0.717) is 5.92 Å². The van der Waals surface area contributed by atoms with Crippen molar-refractivity contribution in [2.75, 3.05) is 25.1 Å². The Labute approximate surface area is 103 Å². The summed E-state index contributed by atoms with van der Waals surface area (Å²) in [5.41, 5.74) is 5.64. The van der Waals surface area contributed by atoms with Crippen LogP contribution in [-0.4, -0.2) is 31.0 Å². The van der Waals surface area contributed by atoms with Gasteiger partial charge in [0.2, 0.25) is 5.91 Å². The Hall–Kier alpha value is -0.220. The molecule has 94 valence electrons. The van der Waals surface area contributed by atoms with Crippen LogP contribution in [0.1, 0.15) is 32.1 Å². The van der Waals surface area contributed by atoms with E-state index in [-0.39, 0.29) is 11.8 Å². The monoisotopic (exact) mass is 244 g/mol. The van der Waals surface area contributed by atoms with Gasteiger partial charge in [-0.2, -0.15) is 11.8 Å². The third-order valence-corrected chi connectivity index (χ3v) is 4.07. The average molecular weight is 244 g/mol. The zero-order valence-electron chi connectivity index (χ0n) is 10.2. The summed E-state index contributed by atoms with van der Waals surface area (Å²) in [6.07, 6.45) is 7.46. The number of nitrogens with two attached hydrogens (primary N) is 1. The minimum absolute atomic E-state index is 0.247. The topological polar surface area (TPSA) is 55.1 Å². The van der Waals surface area contributed by atoms with Crippen molar-refractivity contribution in [2.45, 2.75) is 32.1 Å².